The van der Waals surface area contributed by atoms with Crippen LogP contribution >= 0.6 is 0 Å². The molecule has 2 aromatic carbocycles. The molecule has 0 aromatic heterocycles. The molecule has 0 radical (unpaired) electrons. The van der Waals surface area contributed by atoms with Gasteiger partial charge in [-0.1, -0.05) is 37.3 Å². The van der Waals surface area contributed by atoms with Crippen LogP contribution in [0.3, 0.4) is 0 Å². The second-order valence-corrected chi connectivity index (χ2v) is 6.48. The second-order valence-electron chi connectivity index (χ2n) is 6.48. The highest BCUT2D eigenvalue weighted by molar-refractivity contribution is 5.94. The van der Waals surface area contributed by atoms with Crippen LogP contribution in [0, 0.1) is 0 Å². The fraction of sp³-hybridized carbons (Fsp3) is 0.409. The first-order valence-corrected chi connectivity index (χ1v) is 9.23. The van der Waals surface area contributed by atoms with E-state index in [1.165, 1.54) is 5.56 Å². The lowest BCUT2D eigenvalue weighted by molar-refractivity contribution is 0.0937. The molecule has 140 valence electrons. The average molecular weight is 355 g/mol. The molecule has 0 aliphatic heterocycles. The third kappa shape index (κ3) is 6.19. The van der Waals surface area contributed by atoms with Gasteiger partial charge in [0.25, 0.3) is 5.91 Å². The molecule has 0 spiro atoms. The topological polar surface area (TPSA) is 47.6 Å². The Hall–Kier alpha value is -2.33. The molecule has 4 heteroatoms. The number of ether oxygens (including phenoxy) is 2. The van der Waals surface area contributed by atoms with Crippen molar-refractivity contribution in [3.05, 3.63) is 65.2 Å². The zero-order valence-corrected chi connectivity index (χ0v) is 16.0. The van der Waals surface area contributed by atoms with Gasteiger partial charge >= 0.3 is 0 Å². The molecule has 2 rings (SSSR count). The molecular weight excluding hydrogens is 326 g/mol. The predicted octanol–water partition coefficient (Wildman–Crippen LogP) is 4.37. The van der Waals surface area contributed by atoms with E-state index in [0.717, 1.165) is 30.6 Å². The first-order chi connectivity index (χ1) is 12.6. The van der Waals surface area contributed by atoms with E-state index in [4.69, 9.17) is 9.47 Å². The van der Waals surface area contributed by atoms with Gasteiger partial charge in [-0.05, 0) is 49.9 Å². The number of methoxy groups -OCH3 is 1. The van der Waals surface area contributed by atoms with E-state index in [1.807, 2.05) is 37.3 Å². The molecule has 0 saturated heterocycles. The minimum atomic E-state index is -0.0649. The van der Waals surface area contributed by atoms with Gasteiger partial charge in [-0.2, -0.15) is 0 Å². The van der Waals surface area contributed by atoms with Crippen LogP contribution in [0.5, 0.6) is 5.75 Å². The molecule has 0 fully saturated rings. The number of carbonyl (C=O) groups excluding carboxylic acids is 1. The fourth-order valence-electron chi connectivity index (χ4n) is 2.77. The van der Waals surface area contributed by atoms with E-state index in [0.29, 0.717) is 18.8 Å². The minimum Gasteiger partial charge on any atom is -0.496 e. The van der Waals surface area contributed by atoms with Crippen LogP contribution in [0.25, 0.3) is 0 Å². The molecule has 26 heavy (non-hydrogen) atoms. The highest BCUT2D eigenvalue weighted by Gasteiger charge is 2.13. The summed E-state index contributed by atoms with van der Waals surface area (Å²) in [7, 11) is 1.63. The van der Waals surface area contributed by atoms with Crippen LogP contribution in [0.2, 0.25) is 0 Å². The Morgan fingerprint density at radius 2 is 1.92 bits per heavy atom. The maximum absolute atomic E-state index is 12.6. The van der Waals surface area contributed by atoms with Gasteiger partial charge < -0.3 is 14.8 Å². The number of nitrogens with one attached hydrogen (secondary N) is 1. The highest BCUT2D eigenvalue weighted by atomic mass is 16.5. The number of carbonyl (C=O) groups is 1. The van der Waals surface area contributed by atoms with Crippen molar-refractivity contribution in [1.82, 2.24) is 5.32 Å². The SMILES string of the molecule is CCCOCc1cc(C(=O)N[C@H](C)CCc2ccccc2)ccc1OC. The first-order valence-electron chi connectivity index (χ1n) is 9.23. The maximum Gasteiger partial charge on any atom is 0.251 e. The van der Waals surface area contributed by atoms with Crippen LogP contribution in [0.4, 0.5) is 0 Å². The summed E-state index contributed by atoms with van der Waals surface area (Å²) in [4.78, 5) is 12.6. The van der Waals surface area contributed by atoms with Crippen LogP contribution in [0.15, 0.2) is 48.5 Å². The molecule has 0 unspecified atom stereocenters. The van der Waals surface area contributed by atoms with Crippen LogP contribution in [-0.4, -0.2) is 25.7 Å². The number of benzene rings is 2. The van der Waals surface area contributed by atoms with Crippen LogP contribution in [-0.2, 0) is 17.8 Å². The van der Waals surface area contributed by atoms with E-state index in [1.54, 1.807) is 13.2 Å². The largest absolute Gasteiger partial charge is 0.496 e. The number of rotatable bonds is 10. The molecule has 1 amide bonds. The number of hydrogen-bond acceptors (Lipinski definition) is 3. The molecule has 4 nitrogen and oxygen atoms in total. The van der Waals surface area contributed by atoms with Gasteiger partial charge in [0.05, 0.1) is 13.7 Å². The quantitative estimate of drug-likeness (QED) is 0.644. The average Bonchev–Trinajstić information content (AvgIpc) is 2.67. The lowest BCUT2D eigenvalue weighted by Gasteiger charge is -2.15. The minimum absolute atomic E-state index is 0.0649. The molecule has 2 aromatic rings. The van der Waals surface area contributed by atoms with Crippen molar-refractivity contribution in [2.24, 2.45) is 0 Å². The van der Waals surface area contributed by atoms with E-state index in [-0.39, 0.29) is 11.9 Å². The van der Waals surface area contributed by atoms with Crippen LogP contribution < -0.4 is 10.1 Å². The number of amides is 1. The monoisotopic (exact) mass is 355 g/mol. The smallest absolute Gasteiger partial charge is 0.251 e. The van der Waals surface area contributed by atoms with Gasteiger partial charge in [-0.25, -0.2) is 0 Å². The van der Waals surface area contributed by atoms with Gasteiger partial charge in [0.15, 0.2) is 0 Å². The highest BCUT2D eigenvalue weighted by Crippen LogP contribution is 2.21. The normalized spacial score (nSPS) is 11.8. The molecule has 0 aliphatic carbocycles. The molecule has 1 N–H and O–H groups in total. The van der Waals surface area contributed by atoms with Crippen molar-refractivity contribution in [2.45, 2.75) is 45.8 Å². The van der Waals surface area contributed by atoms with Crippen molar-refractivity contribution in [3.63, 3.8) is 0 Å². The van der Waals surface area contributed by atoms with E-state index >= 15 is 0 Å². The second kappa shape index (κ2) is 10.6. The summed E-state index contributed by atoms with van der Waals surface area (Å²) >= 11 is 0. The van der Waals surface area contributed by atoms with Gasteiger partial charge in [-0.15, -0.1) is 0 Å². The summed E-state index contributed by atoms with van der Waals surface area (Å²) in [5.74, 6) is 0.680. The Balaban J connectivity index is 1.93. The third-order valence-electron chi connectivity index (χ3n) is 4.23. The van der Waals surface area contributed by atoms with Gasteiger partial charge in [0, 0.05) is 23.8 Å². The summed E-state index contributed by atoms with van der Waals surface area (Å²) in [5, 5.41) is 3.08. The maximum atomic E-state index is 12.6. The number of hydrogen-bond donors (Lipinski definition) is 1. The molecule has 0 bridgehead atoms. The Morgan fingerprint density at radius 3 is 2.62 bits per heavy atom. The fourth-order valence-corrected chi connectivity index (χ4v) is 2.77. The summed E-state index contributed by atoms with van der Waals surface area (Å²) in [6.45, 7) is 5.24. The summed E-state index contributed by atoms with van der Waals surface area (Å²) in [5.41, 5.74) is 2.81. The molecule has 0 saturated carbocycles. The van der Waals surface area contributed by atoms with E-state index in [2.05, 4.69) is 24.4 Å². The molecule has 0 aliphatic rings. The Labute approximate surface area is 156 Å². The summed E-state index contributed by atoms with van der Waals surface area (Å²) in [6, 6.07) is 15.9. The lowest BCUT2D eigenvalue weighted by atomic mass is 10.1. The van der Waals surface area contributed by atoms with Crippen molar-refractivity contribution in [1.29, 1.82) is 0 Å². The van der Waals surface area contributed by atoms with Gasteiger partial charge in [0.1, 0.15) is 5.75 Å². The van der Waals surface area contributed by atoms with E-state index < -0.39 is 0 Å². The predicted molar refractivity (Wildman–Crippen MR) is 105 cm³/mol. The standard InChI is InChI=1S/C22H29NO3/c1-4-14-26-16-20-15-19(12-13-21(20)25-3)22(24)23-17(2)10-11-18-8-6-5-7-9-18/h5-9,12-13,15,17H,4,10-11,14,16H2,1-3H3,(H,23,24)/t17-/m1/s1. The van der Waals surface area contributed by atoms with Gasteiger partial charge in [0.2, 0.25) is 0 Å². The van der Waals surface area contributed by atoms with Crippen molar-refractivity contribution < 1.29 is 14.3 Å². The molecule has 1 atom stereocenters. The van der Waals surface area contributed by atoms with Crippen molar-refractivity contribution in [3.8, 4) is 5.75 Å². The summed E-state index contributed by atoms with van der Waals surface area (Å²) in [6.07, 6.45) is 2.81. The summed E-state index contributed by atoms with van der Waals surface area (Å²) < 4.78 is 11.0. The third-order valence-corrected chi connectivity index (χ3v) is 4.23. The van der Waals surface area contributed by atoms with Crippen molar-refractivity contribution >= 4 is 5.91 Å². The zero-order chi connectivity index (χ0) is 18.8. The molecule has 0 heterocycles. The Bertz CT molecular complexity index is 685. The van der Waals surface area contributed by atoms with E-state index in [9.17, 15) is 4.79 Å². The van der Waals surface area contributed by atoms with Gasteiger partial charge in [-0.3, -0.25) is 4.79 Å². The Morgan fingerprint density at radius 1 is 1.15 bits per heavy atom. The van der Waals surface area contributed by atoms with Crippen LogP contribution in [0.1, 0.15) is 48.2 Å². The zero-order valence-electron chi connectivity index (χ0n) is 16.0. The number of aryl methyl sites for hydroxylation is 1. The lowest BCUT2D eigenvalue weighted by Crippen LogP contribution is -2.33. The first kappa shape index (κ1) is 20.0. The Kier molecular flexibility index (Phi) is 8.16. The molecular formula is C22H29NO3. The van der Waals surface area contributed by atoms with Crippen molar-refractivity contribution in [2.75, 3.05) is 13.7 Å².